The van der Waals surface area contributed by atoms with E-state index in [1.54, 1.807) is 6.07 Å². The van der Waals surface area contributed by atoms with E-state index in [2.05, 4.69) is 23.8 Å². The summed E-state index contributed by atoms with van der Waals surface area (Å²) in [5.74, 6) is 0.0698. The average Bonchev–Trinajstić information content (AvgIpc) is 2.46. The summed E-state index contributed by atoms with van der Waals surface area (Å²) in [5.41, 5.74) is 7.40. The number of benzene rings is 1. The normalized spacial score (nSPS) is 17.1. The maximum atomic E-state index is 7.73. The van der Waals surface area contributed by atoms with E-state index in [4.69, 9.17) is 22.7 Å². The van der Waals surface area contributed by atoms with Crippen LogP contribution >= 0.6 is 11.6 Å². The molecule has 1 aliphatic rings. The molecule has 0 spiro atoms. The van der Waals surface area contributed by atoms with Crippen molar-refractivity contribution in [1.29, 1.82) is 5.41 Å². The molecule has 0 aliphatic carbocycles. The highest BCUT2D eigenvalue weighted by atomic mass is 35.5. The minimum Gasteiger partial charge on any atom is -0.384 e. The summed E-state index contributed by atoms with van der Waals surface area (Å²) in [5, 5.41) is 8.34. The summed E-state index contributed by atoms with van der Waals surface area (Å²) in [6, 6.07) is 6.10. The van der Waals surface area contributed by atoms with Crippen molar-refractivity contribution in [2.24, 2.45) is 5.73 Å². The van der Waals surface area contributed by atoms with Gasteiger partial charge in [0.2, 0.25) is 0 Å². The van der Waals surface area contributed by atoms with E-state index in [1.807, 2.05) is 12.1 Å². The lowest BCUT2D eigenvalue weighted by molar-refractivity contribution is 0.221. The zero-order valence-electron chi connectivity index (χ0n) is 12.2. The zero-order chi connectivity index (χ0) is 14.7. The van der Waals surface area contributed by atoms with E-state index in [0.29, 0.717) is 11.1 Å². The summed E-state index contributed by atoms with van der Waals surface area (Å²) < 4.78 is 0. The molecule has 4 nitrogen and oxygen atoms in total. The van der Waals surface area contributed by atoms with Crippen molar-refractivity contribution in [1.82, 2.24) is 4.90 Å². The Morgan fingerprint density at radius 1 is 1.45 bits per heavy atom. The topological polar surface area (TPSA) is 56.4 Å². The van der Waals surface area contributed by atoms with Crippen LogP contribution in [0.4, 0.5) is 5.69 Å². The largest absolute Gasteiger partial charge is 0.384 e. The summed E-state index contributed by atoms with van der Waals surface area (Å²) in [4.78, 5) is 4.72. The molecule has 0 bridgehead atoms. The van der Waals surface area contributed by atoms with Crippen molar-refractivity contribution in [2.75, 3.05) is 31.6 Å². The van der Waals surface area contributed by atoms with Crippen molar-refractivity contribution in [3.63, 3.8) is 0 Å². The Bertz CT molecular complexity index is 481. The molecule has 0 amide bonds. The molecule has 1 aliphatic heterocycles. The smallest absolute Gasteiger partial charge is 0.124 e. The Morgan fingerprint density at radius 2 is 2.10 bits per heavy atom. The number of hydrogen-bond donors (Lipinski definition) is 2. The van der Waals surface area contributed by atoms with Crippen LogP contribution < -0.4 is 10.6 Å². The SMILES string of the molecule is CCN1CCC(N(C)c2ccc(Cl)cc2C(=N)N)CC1. The molecule has 20 heavy (non-hydrogen) atoms. The lowest BCUT2D eigenvalue weighted by Gasteiger charge is -2.38. The first-order valence-corrected chi connectivity index (χ1v) is 7.49. The van der Waals surface area contributed by atoms with Crippen LogP contribution in [0.1, 0.15) is 25.3 Å². The van der Waals surface area contributed by atoms with Gasteiger partial charge >= 0.3 is 0 Å². The van der Waals surface area contributed by atoms with E-state index >= 15 is 0 Å². The lowest BCUT2D eigenvalue weighted by Crippen LogP contribution is -2.43. The molecule has 1 aromatic carbocycles. The van der Waals surface area contributed by atoms with Gasteiger partial charge in [-0.05, 0) is 37.6 Å². The second kappa shape index (κ2) is 6.46. The number of amidine groups is 1. The Labute approximate surface area is 126 Å². The zero-order valence-corrected chi connectivity index (χ0v) is 13.0. The van der Waals surface area contributed by atoms with Crippen molar-refractivity contribution in [2.45, 2.75) is 25.8 Å². The lowest BCUT2D eigenvalue weighted by atomic mass is 10.0. The summed E-state index contributed by atoms with van der Waals surface area (Å²) >= 11 is 6.01. The molecule has 1 heterocycles. The maximum Gasteiger partial charge on any atom is 0.124 e. The van der Waals surface area contributed by atoms with Crippen LogP contribution in [0.2, 0.25) is 5.02 Å². The van der Waals surface area contributed by atoms with Crippen LogP contribution in [0.15, 0.2) is 18.2 Å². The Balaban J connectivity index is 2.17. The Hall–Kier alpha value is -1.26. The quantitative estimate of drug-likeness (QED) is 0.663. The molecule has 0 unspecified atom stereocenters. The maximum absolute atomic E-state index is 7.73. The first-order chi connectivity index (χ1) is 9.52. The second-order valence-corrected chi connectivity index (χ2v) is 5.79. The minimum atomic E-state index is 0.0698. The van der Waals surface area contributed by atoms with Crippen LogP contribution in [-0.4, -0.2) is 43.5 Å². The van der Waals surface area contributed by atoms with Crippen LogP contribution in [0, 0.1) is 5.41 Å². The minimum absolute atomic E-state index is 0.0698. The van der Waals surface area contributed by atoms with Gasteiger partial charge in [0.1, 0.15) is 5.84 Å². The fourth-order valence-corrected chi connectivity index (χ4v) is 3.02. The third-order valence-electron chi connectivity index (χ3n) is 4.18. The summed E-state index contributed by atoms with van der Waals surface area (Å²) in [6.07, 6.45) is 2.29. The standard InChI is InChI=1S/C15H23ClN4/c1-3-20-8-6-12(7-9-20)19(2)14-5-4-11(16)10-13(14)15(17)18/h4-5,10,12H,3,6-9H2,1-2H3,(H3,17,18). The van der Waals surface area contributed by atoms with Crippen molar-refractivity contribution >= 4 is 23.1 Å². The summed E-state index contributed by atoms with van der Waals surface area (Å²) in [7, 11) is 2.09. The molecular weight excluding hydrogens is 272 g/mol. The van der Waals surface area contributed by atoms with Crippen LogP contribution in [0.25, 0.3) is 0 Å². The van der Waals surface area contributed by atoms with Crippen molar-refractivity contribution in [3.05, 3.63) is 28.8 Å². The number of likely N-dealkylation sites (tertiary alicyclic amines) is 1. The predicted octanol–water partition coefficient (Wildman–Crippen LogP) is 2.54. The molecular formula is C15H23ClN4. The number of piperidine rings is 1. The van der Waals surface area contributed by atoms with E-state index in [1.165, 1.54) is 0 Å². The van der Waals surface area contributed by atoms with Gasteiger partial charge in [-0.3, -0.25) is 5.41 Å². The number of rotatable bonds is 4. The molecule has 0 atom stereocenters. The molecule has 3 N–H and O–H groups in total. The Morgan fingerprint density at radius 3 is 2.65 bits per heavy atom. The number of hydrogen-bond acceptors (Lipinski definition) is 3. The number of anilines is 1. The highest BCUT2D eigenvalue weighted by molar-refractivity contribution is 6.31. The van der Waals surface area contributed by atoms with E-state index in [0.717, 1.165) is 43.7 Å². The van der Waals surface area contributed by atoms with Crippen LogP contribution in [-0.2, 0) is 0 Å². The number of halogens is 1. The highest BCUT2D eigenvalue weighted by Gasteiger charge is 2.23. The van der Waals surface area contributed by atoms with E-state index in [-0.39, 0.29) is 5.84 Å². The first-order valence-electron chi connectivity index (χ1n) is 7.12. The highest BCUT2D eigenvalue weighted by Crippen LogP contribution is 2.27. The van der Waals surface area contributed by atoms with Gasteiger partial charge in [-0.1, -0.05) is 18.5 Å². The van der Waals surface area contributed by atoms with Gasteiger partial charge in [-0.15, -0.1) is 0 Å². The molecule has 2 rings (SSSR count). The van der Waals surface area contributed by atoms with Crippen LogP contribution in [0.3, 0.4) is 0 Å². The fourth-order valence-electron chi connectivity index (χ4n) is 2.85. The van der Waals surface area contributed by atoms with E-state index in [9.17, 15) is 0 Å². The van der Waals surface area contributed by atoms with Gasteiger partial charge < -0.3 is 15.5 Å². The third-order valence-corrected chi connectivity index (χ3v) is 4.42. The molecule has 5 heteroatoms. The van der Waals surface area contributed by atoms with Gasteiger partial charge in [-0.2, -0.15) is 0 Å². The molecule has 1 fully saturated rings. The average molecular weight is 295 g/mol. The van der Waals surface area contributed by atoms with Crippen molar-refractivity contribution < 1.29 is 0 Å². The van der Waals surface area contributed by atoms with E-state index < -0.39 is 0 Å². The number of nitrogen functional groups attached to an aromatic ring is 1. The predicted molar refractivity (Wildman–Crippen MR) is 86.0 cm³/mol. The second-order valence-electron chi connectivity index (χ2n) is 5.35. The van der Waals surface area contributed by atoms with Gasteiger partial charge in [-0.25, -0.2) is 0 Å². The van der Waals surface area contributed by atoms with Crippen molar-refractivity contribution in [3.8, 4) is 0 Å². The van der Waals surface area contributed by atoms with Gasteiger partial charge in [0.15, 0.2) is 0 Å². The van der Waals surface area contributed by atoms with Gasteiger partial charge in [0.25, 0.3) is 0 Å². The molecule has 110 valence electrons. The molecule has 0 aromatic heterocycles. The fraction of sp³-hybridized carbons (Fsp3) is 0.533. The number of nitrogens with one attached hydrogen (secondary N) is 1. The summed E-state index contributed by atoms with van der Waals surface area (Å²) in [6.45, 7) is 5.59. The molecule has 0 saturated carbocycles. The molecule has 1 saturated heterocycles. The monoisotopic (exact) mass is 294 g/mol. The molecule has 0 radical (unpaired) electrons. The first kappa shape index (κ1) is 15.1. The van der Waals surface area contributed by atoms with Gasteiger partial charge in [0, 0.05) is 42.5 Å². The Kier molecular flexibility index (Phi) is 4.89. The number of nitrogens with two attached hydrogens (primary N) is 1. The molecule has 1 aromatic rings. The third kappa shape index (κ3) is 3.25. The number of nitrogens with zero attached hydrogens (tertiary/aromatic N) is 2. The van der Waals surface area contributed by atoms with Crippen LogP contribution in [0.5, 0.6) is 0 Å². The van der Waals surface area contributed by atoms with Gasteiger partial charge in [0.05, 0.1) is 0 Å².